The normalized spacial score (nSPS) is 11.1. The zero-order valence-electron chi connectivity index (χ0n) is 18.9. The number of rotatable bonds is 7. The number of hydrogen-bond donors (Lipinski definition) is 0. The van der Waals surface area contributed by atoms with Crippen LogP contribution in [-0.2, 0) is 17.1 Å². The van der Waals surface area contributed by atoms with E-state index in [1.807, 2.05) is 55.6 Å². The number of amides is 1. The van der Waals surface area contributed by atoms with Crippen LogP contribution in [0.15, 0.2) is 53.0 Å². The SMILES string of the molecule is CCn1c(SCc2csc(N(C(C)=O)c3ccc(C)cc3C)n2)nnc1-c1ccc(Cl)cc1. The summed E-state index contributed by atoms with van der Waals surface area (Å²) in [5.74, 6) is 1.38. The Kier molecular flexibility index (Phi) is 7.17. The average molecular weight is 498 g/mol. The molecule has 2 heterocycles. The number of benzene rings is 2. The Morgan fingerprint density at radius 2 is 1.91 bits per heavy atom. The maximum atomic E-state index is 12.5. The molecule has 0 spiro atoms. The van der Waals surface area contributed by atoms with Crippen LogP contribution in [0.3, 0.4) is 0 Å². The maximum absolute atomic E-state index is 12.5. The van der Waals surface area contributed by atoms with Crippen molar-refractivity contribution >= 4 is 51.4 Å². The number of nitrogens with zero attached hydrogens (tertiary/aromatic N) is 5. The van der Waals surface area contributed by atoms with Crippen molar-refractivity contribution in [3.8, 4) is 11.4 Å². The average Bonchev–Trinajstić information content (AvgIpc) is 3.41. The van der Waals surface area contributed by atoms with Gasteiger partial charge in [0.15, 0.2) is 16.1 Å². The fourth-order valence-corrected chi connectivity index (χ4v) is 5.57. The molecule has 0 aliphatic carbocycles. The number of hydrogen-bond acceptors (Lipinski definition) is 6. The smallest absolute Gasteiger partial charge is 0.230 e. The molecule has 0 N–H and O–H groups in total. The molecule has 2 aromatic heterocycles. The minimum atomic E-state index is -0.0613. The predicted molar refractivity (Wildman–Crippen MR) is 137 cm³/mol. The monoisotopic (exact) mass is 497 g/mol. The van der Waals surface area contributed by atoms with Crippen molar-refractivity contribution in [3.63, 3.8) is 0 Å². The van der Waals surface area contributed by atoms with Crippen molar-refractivity contribution in [3.05, 3.63) is 69.7 Å². The van der Waals surface area contributed by atoms with Crippen LogP contribution in [0.2, 0.25) is 5.02 Å². The first-order chi connectivity index (χ1) is 15.9. The summed E-state index contributed by atoms with van der Waals surface area (Å²) in [4.78, 5) is 18.9. The number of anilines is 2. The molecule has 0 bridgehead atoms. The molecule has 0 unspecified atom stereocenters. The van der Waals surface area contributed by atoms with Crippen molar-refractivity contribution in [2.45, 2.75) is 45.1 Å². The number of carbonyl (C=O) groups is 1. The minimum absolute atomic E-state index is 0.0613. The summed E-state index contributed by atoms with van der Waals surface area (Å²) in [6.45, 7) is 8.44. The van der Waals surface area contributed by atoms with E-state index in [4.69, 9.17) is 16.6 Å². The molecule has 9 heteroatoms. The Morgan fingerprint density at radius 3 is 2.58 bits per heavy atom. The Balaban J connectivity index is 1.53. The number of carbonyl (C=O) groups excluding carboxylic acids is 1. The van der Waals surface area contributed by atoms with E-state index < -0.39 is 0 Å². The standard InChI is InChI=1S/C24H24ClN5OS2/c1-5-29-22(18-7-9-19(25)10-8-18)27-28-24(29)33-14-20-13-32-23(26-20)30(17(4)31)21-11-6-15(2)12-16(21)3/h6-13H,5,14H2,1-4H3. The van der Waals surface area contributed by atoms with Gasteiger partial charge in [0.05, 0.1) is 11.4 Å². The summed E-state index contributed by atoms with van der Waals surface area (Å²) >= 11 is 9.07. The lowest BCUT2D eigenvalue weighted by Gasteiger charge is -2.20. The van der Waals surface area contributed by atoms with Crippen LogP contribution in [0, 0.1) is 13.8 Å². The second kappa shape index (κ2) is 10.1. The van der Waals surface area contributed by atoms with E-state index in [2.05, 4.69) is 27.8 Å². The third kappa shape index (κ3) is 5.13. The maximum Gasteiger partial charge on any atom is 0.230 e. The van der Waals surface area contributed by atoms with Gasteiger partial charge >= 0.3 is 0 Å². The molecule has 0 aliphatic heterocycles. The van der Waals surface area contributed by atoms with Gasteiger partial charge in [-0.3, -0.25) is 9.69 Å². The van der Waals surface area contributed by atoms with Gasteiger partial charge in [-0.1, -0.05) is 41.1 Å². The fourth-order valence-electron chi connectivity index (χ4n) is 3.56. The van der Waals surface area contributed by atoms with Crippen LogP contribution in [0.1, 0.15) is 30.7 Å². The zero-order valence-corrected chi connectivity index (χ0v) is 21.3. The number of thiazole rings is 1. The molecule has 33 heavy (non-hydrogen) atoms. The van der Waals surface area contributed by atoms with Gasteiger partial charge in [-0.05, 0) is 56.7 Å². The number of halogens is 1. The van der Waals surface area contributed by atoms with E-state index in [-0.39, 0.29) is 5.91 Å². The van der Waals surface area contributed by atoms with Gasteiger partial charge < -0.3 is 4.57 Å². The Hall–Kier alpha value is -2.68. The summed E-state index contributed by atoms with van der Waals surface area (Å²) in [5, 5.41) is 13.0. The fraction of sp³-hybridized carbons (Fsp3) is 0.250. The lowest BCUT2D eigenvalue weighted by atomic mass is 10.1. The Bertz CT molecular complexity index is 1280. The predicted octanol–water partition coefficient (Wildman–Crippen LogP) is 6.67. The first-order valence-corrected chi connectivity index (χ1v) is 12.8. The summed E-state index contributed by atoms with van der Waals surface area (Å²) in [7, 11) is 0. The van der Waals surface area contributed by atoms with Gasteiger partial charge in [0.1, 0.15) is 0 Å². The van der Waals surface area contributed by atoms with Crippen molar-refractivity contribution in [2.24, 2.45) is 0 Å². The van der Waals surface area contributed by atoms with Gasteiger partial charge in [-0.15, -0.1) is 21.5 Å². The molecule has 0 saturated carbocycles. The van der Waals surface area contributed by atoms with Gasteiger partial charge in [0, 0.05) is 35.2 Å². The molecule has 0 fully saturated rings. The second-order valence-electron chi connectivity index (χ2n) is 7.61. The number of aromatic nitrogens is 4. The first kappa shape index (κ1) is 23.5. The van der Waals surface area contributed by atoms with Gasteiger partial charge in [-0.25, -0.2) is 4.98 Å². The lowest BCUT2D eigenvalue weighted by molar-refractivity contribution is -0.115. The highest BCUT2D eigenvalue weighted by molar-refractivity contribution is 7.98. The van der Waals surface area contributed by atoms with E-state index in [1.54, 1.807) is 23.6 Å². The van der Waals surface area contributed by atoms with E-state index in [0.717, 1.165) is 45.6 Å². The quantitative estimate of drug-likeness (QED) is 0.267. The van der Waals surface area contributed by atoms with Crippen LogP contribution in [0.5, 0.6) is 0 Å². The van der Waals surface area contributed by atoms with Crippen molar-refractivity contribution in [1.82, 2.24) is 19.7 Å². The van der Waals surface area contributed by atoms with Crippen LogP contribution in [0.25, 0.3) is 11.4 Å². The minimum Gasteiger partial charge on any atom is -0.302 e. The lowest BCUT2D eigenvalue weighted by Crippen LogP contribution is -2.23. The first-order valence-electron chi connectivity index (χ1n) is 10.5. The molecule has 0 saturated heterocycles. The van der Waals surface area contributed by atoms with Gasteiger partial charge in [0.25, 0.3) is 0 Å². The Labute approximate surface area is 206 Å². The molecule has 4 aromatic rings. The van der Waals surface area contributed by atoms with Crippen LogP contribution in [-0.4, -0.2) is 25.7 Å². The molecule has 0 radical (unpaired) electrons. The highest BCUT2D eigenvalue weighted by atomic mass is 35.5. The summed E-state index contributed by atoms with van der Waals surface area (Å²) in [6.07, 6.45) is 0. The third-order valence-electron chi connectivity index (χ3n) is 5.12. The summed E-state index contributed by atoms with van der Waals surface area (Å²) in [5.41, 5.74) is 4.94. The van der Waals surface area contributed by atoms with Crippen molar-refractivity contribution in [1.29, 1.82) is 0 Å². The molecule has 4 rings (SSSR count). The number of thioether (sulfide) groups is 1. The molecule has 6 nitrogen and oxygen atoms in total. The highest BCUT2D eigenvalue weighted by Crippen LogP contribution is 2.33. The highest BCUT2D eigenvalue weighted by Gasteiger charge is 2.20. The van der Waals surface area contributed by atoms with Gasteiger partial charge in [-0.2, -0.15) is 0 Å². The van der Waals surface area contributed by atoms with Crippen LogP contribution < -0.4 is 4.90 Å². The molecule has 1 amide bonds. The van der Waals surface area contributed by atoms with Crippen LogP contribution >= 0.6 is 34.7 Å². The zero-order chi connectivity index (χ0) is 23.5. The Morgan fingerprint density at radius 1 is 1.15 bits per heavy atom. The van der Waals surface area contributed by atoms with E-state index in [9.17, 15) is 4.79 Å². The molecule has 0 atom stereocenters. The van der Waals surface area contributed by atoms with Gasteiger partial charge in [0.2, 0.25) is 5.91 Å². The third-order valence-corrected chi connectivity index (χ3v) is 7.25. The van der Waals surface area contributed by atoms with E-state index in [1.165, 1.54) is 11.3 Å². The molecular weight excluding hydrogens is 474 g/mol. The van der Waals surface area contributed by atoms with E-state index >= 15 is 0 Å². The topological polar surface area (TPSA) is 63.9 Å². The number of aryl methyl sites for hydroxylation is 2. The van der Waals surface area contributed by atoms with Crippen molar-refractivity contribution in [2.75, 3.05) is 4.90 Å². The summed E-state index contributed by atoms with van der Waals surface area (Å²) in [6, 6.07) is 13.7. The molecule has 2 aromatic carbocycles. The van der Waals surface area contributed by atoms with Crippen LogP contribution in [0.4, 0.5) is 10.8 Å². The molecule has 0 aliphatic rings. The van der Waals surface area contributed by atoms with Crippen molar-refractivity contribution < 1.29 is 4.79 Å². The summed E-state index contributed by atoms with van der Waals surface area (Å²) < 4.78 is 2.08. The second-order valence-corrected chi connectivity index (χ2v) is 9.83. The van der Waals surface area contributed by atoms with E-state index in [0.29, 0.717) is 15.9 Å². The molecular formula is C24H24ClN5OS2. The molecule has 170 valence electrons. The largest absolute Gasteiger partial charge is 0.302 e.